The Hall–Kier alpha value is -3.72. The number of hydrogen-bond donors (Lipinski definition) is 2. The van der Waals surface area contributed by atoms with Crippen LogP contribution in [0, 0.1) is 24.0 Å². The first-order valence-electron chi connectivity index (χ1n) is 9.84. The summed E-state index contributed by atoms with van der Waals surface area (Å²) in [5.41, 5.74) is 4.19. The second kappa shape index (κ2) is 9.40. The van der Waals surface area contributed by atoms with Gasteiger partial charge in [-0.2, -0.15) is 5.10 Å². The summed E-state index contributed by atoms with van der Waals surface area (Å²) in [5, 5.41) is 18.4. The van der Waals surface area contributed by atoms with E-state index in [1.165, 1.54) is 25.3 Å². The molecule has 0 saturated carbocycles. The van der Waals surface area contributed by atoms with Gasteiger partial charge < -0.3 is 15.0 Å². The summed E-state index contributed by atoms with van der Waals surface area (Å²) in [7, 11) is 3.37. The van der Waals surface area contributed by atoms with Gasteiger partial charge in [0.1, 0.15) is 12.3 Å². The number of ether oxygens (including phenoxy) is 1. The number of carbonyl (C=O) groups is 1. The van der Waals surface area contributed by atoms with Gasteiger partial charge in [0.2, 0.25) is 0 Å². The smallest absolute Gasteiger partial charge is 0.279 e. The summed E-state index contributed by atoms with van der Waals surface area (Å²) in [6.07, 6.45) is 0. The quantitative estimate of drug-likeness (QED) is 0.426. The number of aryl methyl sites for hydroxylation is 1. The van der Waals surface area contributed by atoms with Gasteiger partial charge in [-0.15, -0.1) is 0 Å². The molecule has 2 aromatic carbocycles. The number of hydrogen-bond acceptors (Lipinski definition) is 5. The lowest BCUT2D eigenvalue weighted by Gasteiger charge is -2.15. The Kier molecular flexibility index (Phi) is 6.66. The molecule has 3 rings (SSSR count). The molecule has 0 bridgehead atoms. The van der Waals surface area contributed by atoms with E-state index in [9.17, 15) is 14.9 Å². The first-order valence-corrected chi connectivity index (χ1v) is 9.84. The third-order valence-corrected chi connectivity index (χ3v) is 5.05. The number of non-ortho nitro benzene ring substituents is 1. The molecule has 0 fully saturated rings. The summed E-state index contributed by atoms with van der Waals surface area (Å²) >= 11 is 0. The summed E-state index contributed by atoms with van der Waals surface area (Å²) in [4.78, 5) is 24.1. The fourth-order valence-corrected chi connectivity index (χ4v) is 3.49. The normalized spacial score (nSPS) is 11.7. The number of nitro benzene ring substituents is 1. The molecule has 0 radical (unpaired) electrons. The maximum atomic E-state index is 12.6. The Labute approximate surface area is 180 Å². The second-order valence-corrected chi connectivity index (χ2v) is 7.40. The van der Waals surface area contributed by atoms with Crippen LogP contribution < -0.4 is 15.0 Å². The SMILES string of the molecule is COc1ccc([N+](=O)[O-])cc1NC(=O)C[NH+](C)Cc1c(C)nn(-c2ccccc2)c1C. The van der Waals surface area contributed by atoms with E-state index in [0.717, 1.165) is 27.5 Å². The van der Waals surface area contributed by atoms with Crippen LogP contribution in [0.4, 0.5) is 11.4 Å². The van der Waals surface area contributed by atoms with Crippen molar-refractivity contribution >= 4 is 17.3 Å². The largest absolute Gasteiger partial charge is 0.495 e. The average Bonchev–Trinajstić information content (AvgIpc) is 3.02. The minimum atomic E-state index is -0.511. The molecule has 1 aromatic heterocycles. The Bertz CT molecular complexity index is 1090. The summed E-state index contributed by atoms with van der Waals surface area (Å²) in [6, 6.07) is 14.0. The molecule has 31 heavy (non-hydrogen) atoms. The molecule has 1 atom stereocenters. The number of amides is 1. The molecule has 162 valence electrons. The van der Waals surface area contributed by atoms with Crippen molar-refractivity contribution in [2.75, 3.05) is 26.0 Å². The van der Waals surface area contributed by atoms with E-state index in [4.69, 9.17) is 4.74 Å². The van der Waals surface area contributed by atoms with Crippen molar-refractivity contribution in [2.45, 2.75) is 20.4 Å². The number of aromatic nitrogens is 2. The number of methoxy groups -OCH3 is 1. The zero-order valence-corrected chi connectivity index (χ0v) is 18.0. The second-order valence-electron chi connectivity index (χ2n) is 7.40. The highest BCUT2D eigenvalue weighted by molar-refractivity contribution is 5.93. The van der Waals surface area contributed by atoms with Crippen molar-refractivity contribution in [1.29, 1.82) is 0 Å². The lowest BCUT2D eigenvalue weighted by molar-refractivity contribution is -0.885. The molecule has 0 aliphatic heterocycles. The highest BCUT2D eigenvalue weighted by Gasteiger charge is 2.20. The minimum absolute atomic E-state index is 0.114. The van der Waals surface area contributed by atoms with Crippen molar-refractivity contribution in [3.8, 4) is 11.4 Å². The number of rotatable bonds is 8. The maximum Gasteiger partial charge on any atom is 0.279 e. The molecule has 1 amide bonds. The van der Waals surface area contributed by atoms with Crippen LogP contribution in [-0.2, 0) is 11.3 Å². The first kappa shape index (κ1) is 22.0. The van der Waals surface area contributed by atoms with Crippen molar-refractivity contribution in [1.82, 2.24) is 9.78 Å². The lowest BCUT2D eigenvalue weighted by Crippen LogP contribution is -3.08. The van der Waals surface area contributed by atoms with E-state index >= 15 is 0 Å². The van der Waals surface area contributed by atoms with E-state index in [1.54, 1.807) is 0 Å². The van der Waals surface area contributed by atoms with Gasteiger partial charge in [0.05, 0.1) is 47.4 Å². The van der Waals surface area contributed by atoms with Crippen LogP contribution in [0.3, 0.4) is 0 Å². The fraction of sp³-hybridized carbons (Fsp3) is 0.273. The van der Waals surface area contributed by atoms with Crippen LogP contribution in [0.15, 0.2) is 48.5 Å². The van der Waals surface area contributed by atoms with Gasteiger partial charge in [0, 0.05) is 12.1 Å². The van der Waals surface area contributed by atoms with E-state index in [1.807, 2.05) is 55.9 Å². The van der Waals surface area contributed by atoms with Crippen molar-refractivity contribution in [3.05, 3.63) is 75.6 Å². The van der Waals surface area contributed by atoms with Crippen LogP contribution in [0.2, 0.25) is 0 Å². The zero-order chi connectivity index (χ0) is 22.5. The third-order valence-electron chi connectivity index (χ3n) is 5.05. The lowest BCUT2D eigenvalue weighted by atomic mass is 10.2. The summed E-state index contributed by atoms with van der Waals surface area (Å²) in [6.45, 7) is 4.78. The van der Waals surface area contributed by atoms with E-state index < -0.39 is 4.92 Å². The van der Waals surface area contributed by atoms with Gasteiger partial charge in [-0.25, -0.2) is 4.68 Å². The number of benzene rings is 2. The predicted molar refractivity (Wildman–Crippen MR) is 117 cm³/mol. The topological polar surface area (TPSA) is 104 Å². The highest BCUT2D eigenvalue weighted by atomic mass is 16.6. The standard InChI is InChI=1S/C22H25N5O4/c1-15-19(16(2)26(24-15)17-8-6-5-7-9-17)13-25(3)14-22(28)23-20-12-18(27(29)30)10-11-21(20)31-4/h5-12H,13-14H2,1-4H3,(H,23,28)/p+1. The number of quaternary nitrogens is 1. The van der Waals surface area contributed by atoms with Gasteiger partial charge in [0.25, 0.3) is 11.6 Å². The molecule has 1 heterocycles. The van der Waals surface area contributed by atoms with Gasteiger partial charge in [-0.05, 0) is 32.0 Å². The number of nitrogens with one attached hydrogen (secondary N) is 2. The van der Waals surface area contributed by atoms with Crippen LogP contribution in [0.1, 0.15) is 17.0 Å². The number of likely N-dealkylation sites (N-methyl/N-ethyl adjacent to an activating group) is 1. The minimum Gasteiger partial charge on any atom is -0.495 e. The van der Waals surface area contributed by atoms with Gasteiger partial charge in [0.15, 0.2) is 6.54 Å². The number of nitrogens with zero attached hydrogens (tertiary/aromatic N) is 3. The molecule has 3 aromatic rings. The van der Waals surface area contributed by atoms with E-state index in [2.05, 4.69) is 10.4 Å². The molecule has 2 N–H and O–H groups in total. The number of nitro groups is 1. The van der Waals surface area contributed by atoms with E-state index in [-0.39, 0.29) is 23.8 Å². The summed E-state index contributed by atoms with van der Waals surface area (Å²) < 4.78 is 7.11. The third kappa shape index (κ3) is 5.07. The Morgan fingerprint density at radius 2 is 1.94 bits per heavy atom. The van der Waals surface area contributed by atoms with Gasteiger partial charge >= 0.3 is 0 Å². The zero-order valence-electron chi connectivity index (χ0n) is 18.0. The molecule has 0 aliphatic rings. The molecule has 0 saturated heterocycles. The van der Waals surface area contributed by atoms with Crippen LogP contribution in [-0.4, -0.2) is 41.3 Å². The average molecular weight is 424 g/mol. The Morgan fingerprint density at radius 3 is 2.58 bits per heavy atom. The van der Waals surface area contributed by atoms with Crippen molar-refractivity contribution in [2.24, 2.45) is 0 Å². The van der Waals surface area contributed by atoms with Gasteiger partial charge in [-0.1, -0.05) is 18.2 Å². The molecule has 0 aliphatic carbocycles. The highest BCUT2D eigenvalue weighted by Crippen LogP contribution is 2.28. The van der Waals surface area contributed by atoms with Crippen molar-refractivity contribution < 1.29 is 19.4 Å². The fourth-order valence-electron chi connectivity index (χ4n) is 3.49. The van der Waals surface area contributed by atoms with Crippen LogP contribution in [0.5, 0.6) is 5.75 Å². The summed E-state index contributed by atoms with van der Waals surface area (Å²) in [5.74, 6) is 0.106. The van der Waals surface area contributed by atoms with Crippen LogP contribution in [0.25, 0.3) is 5.69 Å². The number of anilines is 1. The Morgan fingerprint density at radius 1 is 1.23 bits per heavy atom. The van der Waals surface area contributed by atoms with Crippen molar-refractivity contribution in [3.63, 3.8) is 0 Å². The monoisotopic (exact) mass is 424 g/mol. The molecular formula is C22H26N5O4+. The first-order chi connectivity index (χ1) is 14.8. The maximum absolute atomic E-state index is 12.6. The van der Waals surface area contributed by atoms with Gasteiger partial charge in [-0.3, -0.25) is 14.9 Å². The Balaban J connectivity index is 1.70. The van der Waals surface area contributed by atoms with E-state index in [0.29, 0.717) is 12.3 Å². The molecule has 0 spiro atoms. The molecular weight excluding hydrogens is 398 g/mol. The molecule has 1 unspecified atom stereocenters. The predicted octanol–water partition coefficient (Wildman–Crippen LogP) is 2.06. The van der Waals surface area contributed by atoms with Crippen LogP contribution >= 0.6 is 0 Å². The molecule has 9 nitrogen and oxygen atoms in total. The number of para-hydroxylation sites is 1. The molecule has 9 heteroatoms. The number of carbonyl (C=O) groups excluding carboxylic acids is 1.